The van der Waals surface area contributed by atoms with E-state index in [4.69, 9.17) is 28.9 Å². The second kappa shape index (κ2) is 15.9. The number of aromatic nitrogens is 4. The summed E-state index contributed by atoms with van der Waals surface area (Å²) in [6.45, 7) is 6.78. The molecule has 0 saturated carbocycles. The maximum absolute atomic E-state index is 13.7. The number of benzene rings is 3. The van der Waals surface area contributed by atoms with E-state index in [1.165, 1.54) is 41.9 Å². The Hall–Kier alpha value is -6.40. The van der Waals surface area contributed by atoms with E-state index in [9.17, 15) is 29.4 Å². The number of alkyl carbamates (subject to hydrolysis) is 2. The van der Waals surface area contributed by atoms with Crippen LogP contribution in [-0.4, -0.2) is 121 Å². The maximum Gasteiger partial charge on any atom is 0.407 e. The Morgan fingerprint density at radius 3 is 1.49 bits per heavy atom. The third-order valence-corrected chi connectivity index (χ3v) is 11.6. The molecule has 0 bridgehead atoms. The fourth-order valence-electron chi connectivity index (χ4n) is 8.56. The Bertz CT molecular complexity index is 2350. The first kappa shape index (κ1) is 41.3. The first-order chi connectivity index (χ1) is 29.0. The molecule has 3 aromatic carbocycles. The molecule has 18 heteroatoms. The number of fused-ring (bicyclic) bond motifs is 3. The molecule has 0 aliphatic carbocycles. The summed E-state index contributed by atoms with van der Waals surface area (Å²) in [5.41, 5.74) is 3.20. The van der Waals surface area contributed by atoms with Gasteiger partial charge in [-0.3, -0.25) is 9.59 Å². The average Bonchev–Trinajstić information content (AvgIpc) is 4.08. The number of nitrogens with zero attached hydrogens (tertiary/aromatic N) is 4. The number of ether oxygens (including phenoxy) is 4. The fourth-order valence-corrected chi connectivity index (χ4v) is 8.56. The molecule has 61 heavy (non-hydrogen) atoms. The van der Waals surface area contributed by atoms with E-state index < -0.39 is 59.4 Å². The third kappa shape index (κ3) is 7.88. The van der Waals surface area contributed by atoms with Gasteiger partial charge >= 0.3 is 12.2 Å². The van der Waals surface area contributed by atoms with Crippen LogP contribution in [0.15, 0.2) is 48.5 Å². The van der Waals surface area contributed by atoms with Crippen molar-refractivity contribution in [1.82, 2.24) is 40.4 Å². The summed E-state index contributed by atoms with van der Waals surface area (Å²) >= 11 is 0. The fraction of sp³-hybridized carbons (Fsp3) is 0.442. The number of imidazole rings is 2. The number of likely N-dealkylation sites (tertiary alicyclic amines) is 2. The van der Waals surface area contributed by atoms with Crippen molar-refractivity contribution in [3.8, 4) is 33.8 Å². The highest BCUT2D eigenvalue weighted by Crippen LogP contribution is 2.48. The third-order valence-electron chi connectivity index (χ3n) is 11.6. The van der Waals surface area contributed by atoms with Gasteiger partial charge in [0.2, 0.25) is 18.6 Å². The van der Waals surface area contributed by atoms with Gasteiger partial charge in [0.15, 0.2) is 11.5 Å². The van der Waals surface area contributed by atoms with E-state index in [-0.39, 0.29) is 6.79 Å². The van der Waals surface area contributed by atoms with Crippen LogP contribution >= 0.6 is 0 Å². The number of carbonyl (C=O) groups excluding carboxylic acids is 4. The Labute approximate surface area is 350 Å². The molecule has 4 atom stereocenters. The van der Waals surface area contributed by atoms with E-state index in [1.54, 1.807) is 9.80 Å². The Morgan fingerprint density at radius 2 is 1.11 bits per heavy atom. The minimum Gasteiger partial charge on any atom is -0.453 e. The monoisotopic (exact) mass is 838 g/mol. The Morgan fingerprint density at radius 1 is 0.705 bits per heavy atom. The zero-order valence-electron chi connectivity index (χ0n) is 34.8. The van der Waals surface area contributed by atoms with Gasteiger partial charge in [0, 0.05) is 24.2 Å². The Balaban J connectivity index is 1.04. The van der Waals surface area contributed by atoms with Crippen LogP contribution in [0.3, 0.4) is 0 Å². The number of hydrogen-bond donors (Lipinski definition) is 6. The number of aromatic amines is 2. The summed E-state index contributed by atoms with van der Waals surface area (Å²) < 4.78 is 21.6. The first-order valence-corrected chi connectivity index (χ1v) is 20.2. The van der Waals surface area contributed by atoms with Gasteiger partial charge in [-0.1, -0.05) is 12.1 Å². The predicted molar refractivity (Wildman–Crippen MR) is 221 cm³/mol. The van der Waals surface area contributed by atoms with Gasteiger partial charge in [-0.15, -0.1) is 0 Å². The standard InChI is InChI=1S/C43H50N8O10/c1-42(2,56)34(48-40(54)58-5)38(52)50-17-7-9-30(50)36-44-26-15-11-22(19-28(26)46-36)24-13-14-25(33-32(24)60-21-61-33)23-12-16-27-29(20-23)47-37(45-27)31-10-8-18-51(31)39(53)35(43(3,4)57)49-41(55)59-6/h11-16,19-20,30-31,34-35,56-57H,7-10,17-18,21H2,1-6H3,(H,44,46)(H,45,47)(H,48,54)(H,49,55)/t30-,31-,34+,35+/m0/s1. The summed E-state index contributed by atoms with van der Waals surface area (Å²) in [6, 6.07) is 12.4. The zero-order chi connectivity index (χ0) is 43.4. The van der Waals surface area contributed by atoms with Crippen molar-refractivity contribution in [2.24, 2.45) is 0 Å². The lowest BCUT2D eigenvalue weighted by atomic mass is 9.97. The van der Waals surface area contributed by atoms with Gasteiger partial charge in [-0.2, -0.15) is 0 Å². The van der Waals surface area contributed by atoms with Crippen LogP contribution in [0.1, 0.15) is 77.1 Å². The SMILES string of the molecule is COC(=O)N[C@H](C(=O)N1CCC[C@H]1c1nc2ccc(-c3ccc(-c4ccc5nc([C@@H]6CCCN6C(=O)[C@@H](NC(=O)OC)C(C)(C)O)[nH]c5c4)c4c3OCO4)cc2[nH]1)C(C)(C)O. The van der Waals surface area contributed by atoms with Crippen molar-refractivity contribution < 1.29 is 48.3 Å². The number of carbonyl (C=O) groups is 4. The van der Waals surface area contributed by atoms with Crippen molar-refractivity contribution >= 4 is 46.1 Å². The highest BCUT2D eigenvalue weighted by Gasteiger charge is 2.44. The molecular formula is C43H50N8O10. The van der Waals surface area contributed by atoms with Crippen LogP contribution in [-0.2, 0) is 19.1 Å². The number of hydrogen-bond acceptors (Lipinski definition) is 12. The van der Waals surface area contributed by atoms with Crippen LogP contribution in [0.4, 0.5) is 9.59 Å². The van der Waals surface area contributed by atoms with Crippen LogP contribution in [0.5, 0.6) is 11.5 Å². The molecule has 2 aromatic heterocycles. The number of aliphatic hydroxyl groups is 2. The largest absolute Gasteiger partial charge is 0.453 e. The van der Waals surface area contributed by atoms with Crippen molar-refractivity contribution in [2.45, 2.75) is 88.7 Å². The molecule has 3 aliphatic rings. The Kier molecular flexibility index (Phi) is 10.8. The highest BCUT2D eigenvalue weighted by atomic mass is 16.7. The van der Waals surface area contributed by atoms with E-state index in [1.807, 2.05) is 48.5 Å². The number of nitrogens with one attached hydrogen (secondary N) is 4. The normalized spacial score (nSPS) is 18.7. The summed E-state index contributed by atoms with van der Waals surface area (Å²) in [6.07, 6.45) is 1.13. The van der Waals surface area contributed by atoms with E-state index in [0.29, 0.717) is 60.1 Å². The van der Waals surface area contributed by atoms with Crippen LogP contribution < -0.4 is 20.1 Å². The lowest BCUT2D eigenvalue weighted by Crippen LogP contribution is -2.58. The van der Waals surface area contributed by atoms with Crippen molar-refractivity contribution in [3.05, 3.63) is 60.2 Å². The predicted octanol–water partition coefficient (Wildman–Crippen LogP) is 4.82. The lowest BCUT2D eigenvalue weighted by Gasteiger charge is -2.34. The summed E-state index contributed by atoms with van der Waals surface area (Å²) in [5, 5.41) is 26.5. The average molecular weight is 839 g/mol. The minimum absolute atomic E-state index is 0.0380. The van der Waals surface area contributed by atoms with Crippen LogP contribution in [0.25, 0.3) is 44.3 Å². The molecule has 2 saturated heterocycles. The number of H-pyrrole nitrogens is 2. The molecule has 18 nitrogen and oxygen atoms in total. The summed E-state index contributed by atoms with van der Waals surface area (Å²) in [5.74, 6) is 1.52. The molecule has 8 rings (SSSR count). The van der Waals surface area contributed by atoms with Crippen molar-refractivity contribution in [3.63, 3.8) is 0 Å². The van der Waals surface area contributed by atoms with Gasteiger partial charge in [-0.05, 0) is 101 Å². The second-order valence-electron chi connectivity index (χ2n) is 16.8. The van der Waals surface area contributed by atoms with Gasteiger partial charge < -0.3 is 59.6 Å². The van der Waals surface area contributed by atoms with Gasteiger partial charge in [0.1, 0.15) is 23.7 Å². The van der Waals surface area contributed by atoms with E-state index in [2.05, 4.69) is 20.6 Å². The van der Waals surface area contributed by atoms with Crippen LogP contribution in [0.2, 0.25) is 0 Å². The van der Waals surface area contributed by atoms with Crippen molar-refractivity contribution in [1.29, 1.82) is 0 Å². The maximum atomic E-state index is 13.7. The second-order valence-corrected chi connectivity index (χ2v) is 16.8. The van der Waals surface area contributed by atoms with Gasteiger partial charge in [0.25, 0.3) is 0 Å². The quantitative estimate of drug-likeness (QED) is 0.111. The molecular weight excluding hydrogens is 789 g/mol. The molecule has 0 unspecified atom stereocenters. The first-order valence-electron chi connectivity index (χ1n) is 20.2. The van der Waals surface area contributed by atoms with E-state index in [0.717, 1.165) is 46.1 Å². The summed E-state index contributed by atoms with van der Waals surface area (Å²) in [7, 11) is 2.40. The smallest absolute Gasteiger partial charge is 0.407 e. The number of rotatable bonds is 10. The van der Waals surface area contributed by atoms with Crippen molar-refractivity contribution in [2.75, 3.05) is 34.1 Å². The van der Waals surface area contributed by atoms with Gasteiger partial charge in [0.05, 0.1) is 59.6 Å². The lowest BCUT2D eigenvalue weighted by molar-refractivity contribution is -0.141. The molecule has 0 radical (unpaired) electrons. The summed E-state index contributed by atoms with van der Waals surface area (Å²) in [4.78, 5) is 71.4. The highest BCUT2D eigenvalue weighted by molar-refractivity contribution is 5.91. The molecule has 322 valence electrons. The molecule has 3 aliphatic heterocycles. The zero-order valence-corrected chi connectivity index (χ0v) is 34.8. The van der Waals surface area contributed by atoms with E-state index >= 15 is 0 Å². The number of methoxy groups -OCH3 is 2. The molecule has 4 amide bonds. The molecule has 6 N–H and O–H groups in total. The number of amides is 4. The minimum atomic E-state index is -1.55. The molecule has 5 heterocycles. The van der Waals surface area contributed by atoms with Crippen LogP contribution in [0, 0.1) is 0 Å². The topological polar surface area (TPSA) is 234 Å². The molecule has 5 aromatic rings. The van der Waals surface area contributed by atoms with Gasteiger partial charge in [-0.25, -0.2) is 19.6 Å². The molecule has 2 fully saturated rings. The molecule has 0 spiro atoms.